The SMILES string of the molecule is C=C(C)CCOC(=O)c1ccccc1C(=O)O[Si](C)(C)C(C)(C)C. The predicted molar refractivity (Wildman–Crippen MR) is 98.8 cm³/mol. The zero-order chi connectivity index (χ0) is 18.5. The van der Waals surface area contributed by atoms with Gasteiger partial charge in [0, 0.05) is 6.42 Å². The Bertz CT molecular complexity index is 626. The molecule has 0 radical (unpaired) electrons. The van der Waals surface area contributed by atoms with Crippen molar-refractivity contribution in [1.29, 1.82) is 0 Å². The second-order valence-electron chi connectivity index (χ2n) is 7.54. The van der Waals surface area contributed by atoms with Crippen LogP contribution in [-0.2, 0) is 9.16 Å². The van der Waals surface area contributed by atoms with Crippen LogP contribution in [0.2, 0.25) is 18.1 Å². The summed E-state index contributed by atoms with van der Waals surface area (Å²) in [5, 5.41) is -0.0976. The van der Waals surface area contributed by atoms with Crippen molar-refractivity contribution in [2.24, 2.45) is 0 Å². The van der Waals surface area contributed by atoms with Crippen molar-refractivity contribution in [2.45, 2.75) is 52.2 Å². The molecule has 132 valence electrons. The highest BCUT2D eigenvalue weighted by atomic mass is 28.4. The standard InChI is InChI=1S/C19H28O4Si/c1-14(2)12-13-22-17(20)15-10-8-9-11-16(15)18(21)23-24(6,7)19(3,4)5/h8-11H,1,12-13H2,2-7H3. The molecule has 1 aromatic rings. The van der Waals surface area contributed by atoms with Crippen LogP contribution in [0, 0.1) is 0 Å². The first-order valence-corrected chi connectivity index (χ1v) is 11.0. The van der Waals surface area contributed by atoms with Crippen molar-refractivity contribution >= 4 is 20.3 Å². The van der Waals surface area contributed by atoms with Crippen LogP contribution in [0.5, 0.6) is 0 Å². The van der Waals surface area contributed by atoms with Crippen LogP contribution >= 0.6 is 0 Å². The smallest absolute Gasteiger partial charge is 0.339 e. The van der Waals surface area contributed by atoms with Crippen LogP contribution in [0.4, 0.5) is 0 Å². The van der Waals surface area contributed by atoms with Gasteiger partial charge in [-0.3, -0.25) is 0 Å². The van der Waals surface area contributed by atoms with Gasteiger partial charge < -0.3 is 9.16 Å². The minimum absolute atomic E-state index is 0.0976. The van der Waals surface area contributed by atoms with Crippen molar-refractivity contribution in [3.63, 3.8) is 0 Å². The molecule has 0 heterocycles. The lowest BCUT2D eigenvalue weighted by Gasteiger charge is -2.35. The number of rotatable bonds is 6. The maximum Gasteiger partial charge on any atom is 0.339 e. The van der Waals surface area contributed by atoms with Crippen molar-refractivity contribution in [3.05, 3.63) is 47.5 Å². The second kappa shape index (κ2) is 7.79. The van der Waals surface area contributed by atoms with Gasteiger partial charge in [-0.1, -0.05) is 38.5 Å². The summed E-state index contributed by atoms with van der Waals surface area (Å²) in [6.07, 6.45) is 0.600. The molecule has 24 heavy (non-hydrogen) atoms. The van der Waals surface area contributed by atoms with Gasteiger partial charge in [0.2, 0.25) is 0 Å². The van der Waals surface area contributed by atoms with E-state index >= 15 is 0 Å². The Kier molecular flexibility index (Phi) is 6.55. The van der Waals surface area contributed by atoms with Gasteiger partial charge in [0.15, 0.2) is 0 Å². The molecule has 0 aromatic heterocycles. The monoisotopic (exact) mass is 348 g/mol. The molecule has 0 aliphatic rings. The Morgan fingerprint density at radius 2 is 1.58 bits per heavy atom. The first kappa shape index (κ1) is 20.2. The van der Waals surface area contributed by atoms with E-state index in [-0.39, 0.29) is 22.8 Å². The molecule has 0 unspecified atom stereocenters. The van der Waals surface area contributed by atoms with E-state index in [2.05, 4.69) is 27.4 Å². The van der Waals surface area contributed by atoms with E-state index in [4.69, 9.17) is 9.16 Å². The summed E-state index contributed by atoms with van der Waals surface area (Å²) in [6.45, 7) is 16.1. The third kappa shape index (κ3) is 5.34. The van der Waals surface area contributed by atoms with Gasteiger partial charge in [0.1, 0.15) is 0 Å². The van der Waals surface area contributed by atoms with E-state index in [0.29, 0.717) is 6.42 Å². The van der Waals surface area contributed by atoms with Crippen molar-refractivity contribution in [1.82, 2.24) is 0 Å². The van der Waals surface area contributed by atoms with Crippen LogP contribution in [0.1, 0.15) is 54.8 Å². The van der Waals surface area contributed by atoms with Gasteiger partial charge in [0.25, 0.3) is 8.32 Å². The van der Waals surface area contributed by atoms with E-state index < -0.39 is 20.3 Å². The lowest BCUT2D eigenvalue weighted by atomic mass is 10.1. The number of hydrogen-bond acceptors (Lipinski definition) is 4. The summed E-state index contributed by atoms with van der Waals surface area (Å²) in [5.74, 6) is -0.979. The highest BCUT2D eigenvalue weighted by Crippen LogP contribution is 2.37. The van der Waals surface area contributed by atoms with E-state index in [9.17, 15) is 9.59 Å². The zero-order valence-electron chi connectivity index (χ0n) is 15.6. The molecule has 0 bridgehead atoms. The lowest BCUT2D eigenvalue weighted by molar-refractivity contribution is 0.0499. The van der Waals surface area contributed by atoms with E-state index in [1.54, 1.807) is 24.3 Å². The highest BCUT2D eigenvalue weighted by Gasteiger charge is 2.41. The third-order valence-electron chi connectivity index (χ3n) is 4.28. The summed E-state index contributed by atoms with van der Waals surface area (Å²) < 4.78 is 11.0. The number of ether oxygens (including phenoxy) is 1. The maximum absolute atomic E-state index is 12.6. The molecule has 0 spiro atoms. The summed E-state index contributed by atoms with van der Waals surface area (Å²) in [4.78, 5) is 24.9. The van der Waals surface area contributed by atoms with E-state index in [1.165, 1.54) is 0 Å². The molecule has 0 saturated heterocycles. The molecule has 0 fully saturated rings. The quantitative estimate of drug-likeness (QED) is 0.414. The Morgan fingerprint density at radius 1 is 1.08 bits per heavy atom. The van der Waals surface area contributed by atoms with Gasteiger partial charge in [-0.05, 0) is 37.2 Å². The van der Waals surface area contributed by atoms with Crippen LogP contribution in [-0.4, -0.2) is 26.9 Å². The van der Waals surface area contributed by atoms with Crippen LogP contribution in [0.3, 0.4) is 0 Å². The molecule has 0 saturated carbocycles. The van der Waals surface area contributed by atoms with Crippen LogP contribution in [0.15, 0.2) is 36.4 Å². The van der Waals surface area contributed by atoms with E-state index in [1.807, 2.05) is 20.0 Å². The fraction of sp³-hybridized carbons (Fsp3) is 0.474. The normalized spacial score (nSPS) is 11.8. The third-order valence-corrected chi connectivity index (χ3v) is 8.59. The highest BCUT2D eigenvalue weighted by molar-refractivity contribution is 6.75. The Labute approximate surface area is 146 Å². The molecule has 0 N–H and O–H groups in total. The molecule has 0 aliphatic heterocycles. The summed E-state index contributed by atoms with van der Waals surface area (Å²) in [5.41, 5.74) is 1.43. The van der Waals surface area contributed by atoms with E-state index in [0.717, 1.165) is 5.57 Å². The molecule has 5 heteroatoms. The molecule has 4 nitrogen and oxygen atoms in total. The number of hydrogen-bond donors (Lipinski definition) is 0. The molecular formula is C19H28O4Si. The number of benzene rings is 1. The van der Waals surface area contributed by atoms with Crippen molar-refractivity contribution in [2.75, 3.05) is 6.61 Å². The number of carbonyl (C=O) groups excluding carboxylic acids is 2. The Balaban J connectivity index is 2.95. The van der Waals surface area contributed by atoms with Gasteiger partial charge in [-0.15, -0.1) is 6.58 Å². The Hall–Kier alpha value is -1.88. The largest absolute Gasteiger partial charge is 0.516 e. The van der Waals surface area contributed by atoms with Gasteiger partial charge in [-0.25, -0.2) is 9.59 Å². The molecular weight excluding hydrogens is 320 g/mol. The minimum Gasteiger partial charge on any atom is -0.516 e. The van der Waals surface area contributed by atoms with Crippen molar-refractivity contribution in [3.8, 4) is 0 Å². The average molecular weight is 349 g/mol. The summed E-state index contributed by atoms with van der Waals surface area (Å²) in [6, 6.07) is 6.61. The van der Waals surface area contributed by atoms with Crippen molar-refractivity contribution < 1.29 is 18.8 Å². The second-order valence-corrected chi connectivity index (χ2v) is 12.3. The average Bonchev–Trinajstić information content (AvgIpc) is 2.45. The number of carbonyl (C=O) groups is 2. The Morgan fingerprint density at radius 3 is 2.04 bits per heavy atom. The fourth-order valence-electron chi connectivity index (χ4n) is 1.67. The number of esters is 1. The van der Waals surface area contributed by atoms with Gasteiger partial charge in [-0.2, -0.15) is 0 Å². The molecule has 0 amide bonds. The summed E-state index contributed by atoms with van der Waals surface area (Å²) in [7, 11) is -2.26. The topological polar surface area (TPSA) is 52.6 Å². The minimum atomic E-state index is -2.26. The van der Waals surface area contributed by atoms with Gasteiger partial charge in [0.05, 0.1) is 17.7 Å². The molecule has 1 aromatic carbocycles. The maximum atomic E-state index is 12.6. The fourth-order valence-corrected chi connectivity index (χ4v) is 2.55. The first-order chi connectivity index (χ1) is 11.0. The molecule has 1 rings (SSSR count). The van der Waals surface area contributed by atoms with Crippen LogP contribution < -0.4 is 0 Å². The predicted octanol–water partition coefficient (Wildman–Crippen LogP) is 4.97. The summed E-state index contributed by atoms with van der Waals surface area (Å²) >= 11 is 0. The first-order valence-electron chi connectivity index (χ1n) is 8.09. The zero-order valence-corrected chi connectivity index (χ0v) is 16.6. The lowest BCUT2D eigenvalue weighted by Crippen LogP contribution is -2.42. The van der Waals surface area contributed by atoms with Gasteiger partial charge >= 0.3 is 11.9 Å². The van der Waals surface area contributed by atoms with Crippen LogP contribution in [0.25, 0.3) is 0 Å². The molecule has 0 aliphatic carbocycles. The molecule has 0 atom stereocenters.